The van der Waals surface area contributed by atoms with Gasteiger partial charge in [0.25, 0.3) is 5.91 Å². The van der Waals surface area contributed by atoms with Crippen molar-refractivity contribution in [2.24, 2.45) is 0 Å². The molecule has 2 aromatic rings. The van der Waals surface area contributed by atoms with Crippen LogP contribution in [0.15, 0.2) is 42.5 Å². The Morgan fingerprint density at radius 3 is 2.32 bits per heavy atom. The van der Waals surface area contributed by atoms with E-state index in [0.717, 1.165) is 24.2 Å². The number of nitrogens with zero attached hydrogens (tertiary/aromatic N) is 1. The Labute approximate surface area is 145 Å². The fourth-order valence-electron chi connectivity index (χ4n) is 2.91. The average Bonchev–Trinajstić information content (AvgIpc) is 3.01. The van der Waals surface area contributed by atoms with Crippen LogP contribution >= 0.6 is 0 Å². The van der Waals surface area contributed by atoms with E-state index in [4.69, 9.17) is 5.11 Å². The molecule has 2 N–H and O–H groups in total. The van der Waals surface area contributed by atoms with Gasteiger partial charge in [0, 0.05) is 29.9 Å². The first-order valence-corrected chi connectivity index (χ1v) is 8.01. The van der Waals surface area contributed by atoms with Gasteiger partial charge in [0.05, 0.1) is 5.56 Å². The third-order valence-electron chi connectivity index (χ3n) is 4.21. The Morgan fingerprint density at radius 1 is 1.08 bits per heavy atom. The van der Waals surface area contributed by atoms with Gasteiger partial charge in [0.15, 0.2) is 0 Å². The molecule has 1 aliphatic rings. The molecule has 0 saturated carbocycles. The summed E-state index contributed by atoms with van der Waals surface area (Å²) in [6, 6.07) is 11.2. The van der Waals surface area contributed by atoms with Gasteiger partial charge in [-0.05, 0) is 61.4 Å². The number of aromatic carboxylic acids is 1. The number of carboxylic acid groups (broad SMARTS) is 1. The monoisotopic (exact) mass is 338 g/mol. The molecule has 1 fully saturated rings. The Hall–Kier alpha value is -3.15. The van der Waals surface area contributed by atoms with Crippen LogP contribution in [0.2, 0.25) is 0 Å². The van der Waals surface area contributed by atoms with Crippen molar-refractivity contribution in [3.63, 3.8) is 0 Å². The van der Waals surface area contributed by atoms with E-state index < -0.39 is 5.97 Å². The third-order valence-corrected chi connectivity index (χ3v) is 4.21. The summed E-state index contributed by atoms with van der Waals surface area (Å²) in [5, 5.41) is 11.7. The Bertz CT molecular complexity index is 843. The average molecular weight is 338 g/mol. The smallest absolute Gasteiger partial charge is 0.335 e. The highest BCUT2D eigenvalue weighted by Gasteiger charge is 2.23. The molecule has 1 heterocycles. The fourth-order valence-corrected chi connectivity index (χ4v) is 2.91. The van der Waals surface area contributed by atoms with Crippen molar-refractivity contribution >= 4 is 29.2 Å². The SMILES string of the molecule is Cc1cc(NC(=O)c2ccc(C(=O)O)cc2)ccc1N1CCCC1=O. The second-order valence-electron chi connectivity index (χ2n) is 5.99. The van der Waals surface area contributed by atoms with Gasteiger partial charge in [0.1, 0.15) is 0 Å². The lowest BCUT2D eigenvalue weighted by atomic mass is 10.1. The maximum atomic E-state index is 12.3. The third kappa shape index (κ3) is 3.52. The highest BCUT2D eigenvalue weighted by molar-refractivity contribution is 6.05. The lowest BCUT2D eigenvalue weighted by molar-refractivity contribution is -0.117. The maximum Gasteiger partial charge on any atom is 0.335 e. The quantitative estimate of drug-likeness (QED) is 0.897. The predicted octanol–water partition coefficient (Wildman–Crippen LogP) is 3.07. The topological polar surface area (TPSA) is 86.7 Å². The van der Waals surface area contributed by atoms with Gasteiger partial charge in [-0.15, -0.1) is 0 Å². The summed E-state index contributed by atoms with van der Waals surface area (Å²) in [6.45, 7) is 2.62. The minimum absolute atomic E-state index is 0.124. The molecule has 6 heteroatoms. The molecule has 128 valence electrons. The van der Waals surface area contributed by atoms with Crippen LogP contribution in [0.4, 0.5) is 11.4 Å². The van der Waals surface area contributed by atoms with E-state index in [-0.39, 0.29) is 17.4 Å². The first kappa shape index (κ1) is 16.7. The summed E-state index contributed by atoms with van der Waals surface area (Å²) < 4.78 is 0. The zero-order valence-corrected chi connectivity index (χ0v) is 13.8. The number of nitrogens with one attached hydrogen (secondary N) is 1. The molecular formula is C19H18N2O4. The van der Waals surface area contributed by atoms with Gasteiger partial charge in [-0.3, -0.25) is 9.59 Å². The number of hydrogen-bond acceptors (Lipinski definition) is 3. The number of benzene rings is 2. The standard InChI is InChI=1S/C19H18N2O4/c1-12-11-15(8-9-16(12)21-10-2-3-17(21)22)20-18(23)13-4-6-14(7-5-13)19(24)25/h4-9,11H,2-3,10H2,1H3,(H,20,23)(H,24,25). The highest BCUT2D eigenvalue weighted by atomic mass is 16.4. The zero-order valence-electron chi connectivity index (χ0n) is 13.8. The molecule has 6 nitrogen and oxygen atoms in total. The van der Waals surface area contributed by atoms with Crippen molar-refractivity contribution in [1.29, 1.82) is 0 Å². The summed E-state index contributed by atoms with van der Waals surface area (Å²) in [6.07, 6.45) is 1.44. The lowest BCUT2D eigenvalue weighted by Crippen LogP contribution is -2.24. The van der Waals surface area contributed by atoms with E-state index in [1.807, 2.05) is 19.1 Å². The summed E-state index contributed by atoms with van der Waals surface area (Å²) >= 11 is 0. The van der Waals surface area contributed by atoms with E-state index in [1.54, 1.807) is 11.0 Å². The zero-order chi connectivity index (χ0) is 18.0. The summed E-state index contributed by atoms with van der Waals surface area (Å²) in [5.41, 5.74) is 2.91. The number of carbonyl (C=O) groups excluding carboxylic acids is 2. The van der Waals surface area contributed by atoms with Crippen molar-refractivity contribution in [3.8, 4) is 0 Å². The second kappa shape index (κ2) is 6.76. The van der Waals surface area contributed by atoms with Gasteiger partial charge in [-0.2, -0.15) is 0 Å². The van der Waals surface area contributed by atoms with Crippen molar-refractivity contribution in [2.45, 2.75) is 19.8 Å². The molecule has 1 saturated heterocycles. The van der Waals surface area contributed by atoms with Crippen LogP contribution in [0.5, 0.6) is 0 Å². The molecule has 1 aliphatic heterocycles. The molecule has 0 aromatic heterocycles. The molecule has 25 heavy (non-hydrogen) atoms. The lowest BCUT2D eigenvalue weighted by Gasteiger charge is -2.19. The molecular weight excluding hydrogens is 320 g/mol. The number of amides is 2. The molecule has 3 rings (SSSR count). The molecule has 0 unspecified atom stereocenters. The van der Waals surface area contributed by atoms with Crippen LogP contribution < -0.4 is 10.2 Å². The van der Waals surface area contributed by atoms with Crippen LogP contribution in [0.3, 0.4) is 0 Å². The molecule has 0 atom stereocenters. The van der Waals surface area contributed by atoms with Crippen LogP contribution in [-0.2, 0) is 4.79 Å². The van der Waals surface area contributed by atoms with Crippen LogP contribution in [0.25, 0.3) is 0 Å². The van der Waals surface area contributed by atoms with Gasteiger partial charge in [0.2, 0.25) is 5.91 Å². The highest BCUT2D eigenvalue weighted by Crippen LogP contribution is 2.27. The first-order valence-electron chi connectivity index (χ1n) is 8.01. The maximum absolute atomic E-state index is 12.3. The molecule has 0 bridgehead atoms. The van der Waals surface area contributed by atoms with Crippen molar-refractivity contribution < 1.29 is 19.5 Å². The van der Waals surface area contributed by atoms with Crippen molar-refractivity contribution in [1.82, 2.24) is 0 Å². The number of carbonyl (C=O) groups is 3. The van der Waals surface area contributed by atoms with Crippen LogP contribution in [0.1, 0.15) is 39.1 Å². The number of rotatable bonds is 4. The van der Waals surface area contributed by atoms with Crippen LogP contribution in [0, 0.1) is 6.92 Å². The van der Waals surface area contributed by atoms with Crippen LogP contribution in [-0.4, -0.2) is 29.4 Å². The molecule has 2 aromatic carbocycles. The molecule has 0 radical (unpaired) electrons. The van der Waals surface area contributed by atoms with Gasteiger partial charge in [-0.1, -0.05) is 0 Å². The first-order chi connectivity index (χ1) is 12.0. The largest absolute Gasteiger partial charge is 0.478 e. The van der Waals surface area contributed by atoms with E-state index in [9.17, 15) is 14.4 Å². The number of aryl methyl sites for hydroxylation is 1. The van der Waals surface area contributed by atoms with Gasteiger partial charge in [-0.25, -0.2) is 4.79 Å². The summed E-state index contributed by atoms with van der Waals surface area (Å²) in [5.74, 6) is -1.23. The van der Waals surface area contributed by atoms with E-state index >= 15 is 0 Å². The van der Waals surface area contributed by atoms with Gasteiger partial charge < -0.3 is 15.3 Å². The van der Waals surface area contributed by atoms with Crippen molar-refractivity contribution in [3.05, 3.63) is 59.2 Å². The second-order valence-corrected chi connectivity index (χ2v) is 5.99. The Kier molecular flexibility index (Phi) is 4.52. The summed E-state index contributed by atoms with van der Waals surface area (Å²) in [4.78, 5) is 36.8. The van der Waals surface area contributed by atoms with E-state index in [0.29, 0.717) is 17.7 Å². The molecule has 2 amide bonds. The van der Waals surface area contributed by atoms with E-state index in [2.05, 4.69) is 5.32 Å². The van der Waals surface area contributed by atoms with E-state index in [1.165, 1.54) is 24.3 Å². The fraction of sp³-hybridized carbons (Fsp3) is 0.211. The Balaban J connectivity index is 1.74. The summed E-state index contributed by atoms with van der Waals surface area (Å²) in [7, 11) is 0. The minimum atomic E-state index is -1.03. The minimum Gasteiger partial charge on any atom is -0.478 e. The molecule has 0 spiro atoms. The number of anilines is 2. The van der Waals surface area contributed by atoms with Gasteiger partial charge >= 0.3 is 5.97 Å². The normalized spacial score (nSPS) is 13.8. The number of carboxylic acids is 1. The molecule has 0 aliphatic carbocycles. The Morgan fingerprint density at radius 2 is 1.76 bits per heavy atom. The predicted molar refractivity (Wildman–Crippen MR) is 94.1 cm³/mol. The number of hydrogen-bond donors (Lipinski definition) is 2. The van der Waals surface area contributed by atoms with Crippen molar-refractivity contribution in [2.75, 3.05) is 16.8 Å².